The normalized spacial score (nSPS) is 10.8. The van der Waals surface area contributed by atoms with Gasteiger partial charge in [-0.2, -0.15) is 0 Å². The van der Waals surface area contributed by atoms with Crippen LogP contribution >= 0.6 is 0 Å². The molecule has 0 radical (unpaired) electrons. The van der Waals surface area contributed by atoms with E-state index in [4.69, 9.17) is 14.5 Å². The highest BCUT2D eigenvalue weighted by atomic mass is 16.5. The first-order chi connectivity index (χ1) is 12.3. The molecular weight excluding hydrogens is 312 g/mol. The van der Waals surface area contributed by atoms with Crippen molar-refractivity contribution in [2.24, 2.45) is 0 Å². The number of pyridine rings is 1. The summed E-state index contributed by atoms with van der Waals surface area (Å²) in [5.74, 6) is 1.48. The Kier molecular flexibility index (Phi) is 3.86. The molecule has 4 rings (SSSR count). The molecule has 0 aliphatic rings. The van der Waals surface area contributed by atoms with Gasteiger partial charge in [-0.3, -0.25) is 0 Å². The van der Waals surface area contributed by atoms with Crippen LogP contribution in [0.4, 0.5) is 11.4 Å². The summed E-state index contributed by atoms with van der Waals surface area (Å²) >= 11 is 0. The van der Waals surface area contributed by atoms with Gasteiger partial charge in [0.25, 0.3) is 0 Å². The molecule has 1 N–H and O–H groups in total. The second-order valence-electron chi connectivity index (χ2n) is 5.71. The molecule has 1 aromatic heterocycles. The molecule has 0 unspecified atom stereocenters. The molecule has 124 valence electrons. The minimum atomic E-state index is 0.726. The molecule has 0 saturated heterocycles. The van der Waals surface area contributed by atoms with Gasteiger partial charge in [-0.25, -0.2) is 4.98 Å². The van der Waals surface area contributed by atoms with Crippen LogP contribution in [0.15, 0.2) is 66.7 Å². The van der Waals surface area contributed by atoms with Crippen molar-refractivity contribution < 1.29 is 9.47 Å². The predicted octanol–water partition coefficient (Wildman–Crippen LogP) is 5.15. The fraction of sp³-hybridized carbons (Fsp3) is 0.0952. The van der Waals surface area contributed by atoms with Gasteiger partial charge in [0.2, 0.25) is 0 Å². The first-order valence-corrected chi connectivity index (χ1v) is 8.06. The van der Waals surface area contributed by atoms with Crippen LogP contribution in [0.2, 0.25) is 0 Å². The van der Waals surface area contributed by atoms with Crippen molar-refractivity contribution in [1.82, 2.24) is 4.98 Å². The number of aromatic nitrogens is 1. The summed E-state index contributed by atoms with van der Waals surface area (Å²) in [4.78, 5) is 4.76. The molecule has 0 spiro atoms. The van der Waals surface area contributed by atoms with Crippen LogP contribution in [0.1, 0.15) is 0 Å². The molecule has 4 aromatic rings. The molecule has 4 nitrogen and oxygen atoms in total. The number of nitrogens with one attached hydrogen (secondary N) is 1. The van der Waals surface area contributed by atoms with Crippen LogP contribution in [-0.2, 0) is 0 Å². The van der Waals surface area contributed by atoms with Crippen molar-refractivity contribution in [3.8, 4) is 11.5 Å². The lowest BCUT2D eigenvalue weighted by molar-refractivity contribution is 0.395. The number of rotatable bonds is 4. The topological polar surface area (TPSA) is 43.4 Å². The van der Waals surface area contributed by atoms with Crippen LogP contribution in [0.3, 0.4) is 0 Å². The molecule has 25 heavy (non-hydrogen) atoms. The van der Waals surface area contributed by atoms with E-state index in [1.807, 2.05) is 54.6 Å². The molecule has 0 amide bonds. The van der Waals surface area contributed by atoms with Crippen molar-refractivity contribution in [2.45, 2.75) is 0 Å². The summed E-state index contributed by atoms with van der Waals surface area (Å²) in [6, 6.07) is 22.0. The molecule has 0 aliphatic heterocycles. The van der Waals surface area contributed by atoms with E-state index in [1.54, 1.807) is 14.2 Å². The van der Waals surface area contributed by atoms with Gasteiger partial charge in [-0.05, 0) is 24.3 Å². The number of anilines is 2. The van der Waals surface area contributed by atoms with Crippen molar-refractivity contribution in [3.63, 3.8) is 0 Å². The smallest absolute Gasteiger partial charge is 0.145 e. The maximum Gasteiger partial charge on any atom is 0.145 e. The van der Waals surface area contributed by atoms with Gasteiger partial charge in [-0.1, -0.05) is 36.4 Å². The zero-order chi connectivity index (χ0) is 17.2. The van der Waals surface area contributed by atoms with Gasteiger partial charge in [0, 0.05) is 16.8 Å². The van der Waals surface area contributed by atoms with Gasteiger partial charge in [0.15, 0.2) is 0 Å². The maximum absolute atomic E-state index is 5.53. The molecule has 4 heteroatoms. The molecule has 0 aliphatic carbocycles. The summed E-state index contributed by atoms with van der Waals surface area (Å²) in [6.07, 6.45) is 0. The number of benzene rings is 3. The number of fused-ring (bicyclic) bond motifs is 2. The Hall–Kier alpha value is -3.27. The first kappa shape index (κ1) is 15.3. The van der Waals surface area contributed by atoms with E-state index in [2.05, 4.69) is 17.4 Å². The van der Waals surface area contributed by atoms with Crippen LogP contribution in [0, 0.1) is 0 Å². The maximum atomic E-state index is 5.53. The highest BCUT2D eigenvalue weighted by Gasteiger charge is 2.12. The van der Waals surface area contributed by atoms with E-state index in [0.717, 1.165) is 44.7 Å². The average molecular weight is 330 g/mol. The largest absolute Gasteiger partial charge is 0.497 e. The number of hydrogen-bond donors (Lipinski definition) is 1. The summed E-state index contributed by atoms with van der Waals surface area (Å²) in [5.41, 5.74) is 3.81. The van der Waals surface area contributed by atoms with Crippen LogP contribution in [-0.4, -0.2) is 19.2 Å². The minimum Gasteiger partial charge on any atom is -0.497 e. The summed E-state index contributed by atoms with van der Waals surface area (Å²) < 4.78 is 10.8. The van der Waals surface area contributed by atoms with Crippen molar-refractivity contribution in [2.75, 3.05) is 19.5 Å². The first-order valence-electron chi connectivity index (χ1n) is 8.06. The van der Waals surface area contributed by atoms with E-state index in [9.17, 15) is 0 Å². The summed E-state index contributed by atoms with van der Waals surface area (Å²) in [7, 11) is 3.30. The molecule has 1 heterocycles. The van der Waals surface area contributed by atoms with E-state index >= 15 is 0 Å². The van der Waals surface area contributed by atoms with Crippen molar-refractivity contribution in [1.29, 1.82) is 0 Å². The van der Waals surface area contributed by atoms with Gasteiger partial charge < -0.3 is 14.8 Å². The van der Waals surface area contributed by atoms with E-state index in [0.29, 0.717) is 0 Å². The number of hydrogen-bond acceptors (Lipinski definition) is 4. The zero-order valence-electron chi connectivity index (χ0n) is 14.1. The summed E-state index contributed by atoms with van der Waals surface area (Å²) in [6.45, 7) is 0. The molecule has 0 atom stereocenters. The second kappa shape index (κ2) is 6.32. The van der Waals surface area contributed by atoms with Gasteiger partial charge in [0.1, 0.15) is 11.5 Å². The Morgan fingerprint density at radius 1 is 0.760 bits per heavy atom. The Labute approximate surface area is 146 Å². The van der Waals surface area contributed by atoms with Gasteiger partial charge >= 0.3 is 0 Å². The van der Waals surface area contributed by atoms with Gasteiger partial charge in [0.05, 0.1) is 36.6 Å². The molecule has 0 saturated carbocycles. The fourth-order valence-electron chi connectivity index (χ4n) is 3.01. The quantitative estimate of drug-likeness (QED) is 0.526. The summed E-state index contributed by atoms with van der Waals surface area (Å²) in [5, 5.41) is 5.68. The van der Waals surface area contributed by atoms with E-state index in [-0.39, 0.29) is 0 Å². The third kappa shape index (κ3) is 2.72. The Morgan fingerprint density at radius 3 is 2.00 bits per heavy atom. The number of ether oxygens (including phenoxy) is 2. The second-order valence-corrected chi connectivity index (χ2v) is 5.71. The van der Waals surface area contributed by atoms with Crippen LogP contribution in [0.5, 0.6) is 11.5 Å². The average Bonchev–Trinajstić information content (AvgIpc) is 2.68. The van der Waals surface area contributed by atoms with E-state index in [1.165, 1.54) is 0 Å². The lowest BCUT2D eigenvalue weighted by Crippen LogP contribution is -1.98. The zero-order valence-corrected chi connectivity index (χ0v) is 14.1. The fourth-order valence-corrected chi connectivity index (χ4v) is 3.01. The molecule has 3 aromatic carbocycles. The monoisotopic (exact) mass is 330 g/mol. The number of nitrogens with zero attached hydrogens (tertiary/aromatic N) is 1. The van der Waals surface area contributed by atoms with Crippen molar-refractivity contribution >= 4 is 33.2 Å². The van der Waals surface area contributed by atoms with E-state index < -0.39 is 0 Å². The highest BCUT2D eigenvalue weighted by molar-refractivity contribution is 6.08. The standard InChI is InChI=1S/C21H18N2O2/c1-24-14-11-12-19(20(13-14)25-2)23-21-15-7-3-5-9-17(15)22-18-10-6-4-8-16(18)21/h3-13H,1-2H3,(H,22,23). The minimum absolute atomic E-state index is 0.726. The molecular formula is C21H18N2O2. The molecule has 0 fully saturated rings. The predicted molar refractivity (Wildman–Crippen MR) is 102 cm³/mol. The van der Waals surface area contributed by atoms with Crippen LogP contribution in [0.25, 0.3) is 21.8 Å². The Bertz CT molecular complexity index is 1010. The third-order valence-corrected chi connectivity index (χ3v) is 4.26. The number of methoxy groups -OCH3 is 2. The molecule has 0 bridgehead atoms. The van der Waals surface area contributed by atoms with Gasteiger partial charge in [-0.15, -0.1) is 0 Å². The van der Waals surface area contributed by atoms with Crippen molar-refractivity contribution in [3.05, 3.63) is 66.7 Å². The number of para-hydroxylation sites is 2. The Balaban J connectivity index is 1.93. The lowest BCUT2D eigenvalue weighted by Gasteiger charge is -2.16. The third-order valence-electron chi connectivity index (χ3n) is 4.26. The Morgan fingerprint density at radius 2 is 1.40 bits per heavy atom. The highest BCUT2D eigenvalue weighted by Crippen LogP contribution is 2.37. The van der Waals surface area contributed by atoms with Crippen LogP contribution < -0.4 is 14.8 Å². The lowest BCUT2D eigenvalue weighted by atomic mass is 10.1. The SMILES string of the molecule is COc1ccc(Nc2c3ccccc3nc3ccccc23)c(OC)c1.